The van der Waals surface area contributed by atoms with Crippen LogP contribution in [0.2, 0.25) is 0 Å². The highest BCUT2D eigenvalue weighted by molar-refractivity contribution is 7.30. The van der Waals surface area contributed by atoms with Gasteiger partial charge in [-0.05, 0) is 59.7 Å². The zero-order valence-corrected chi connectivity index (χ0v) is 18.3. The van der Waals surface area contributed by atoms with Crippen molar-refractivity contribution >= 4 is 46.5 Å². The molecule has 2 saturated heterocycles. The highest BCUT2D eigenvalue weighted by Gasteiger charge is 2.52. The molecule has 142 valence electrons. The third kappa shape index (κ3) is 3.32. The number of hydrogen-bond donors (Lipinski definition) is 0. The van der Waals surface area contributed by atoms with Crippen LogP contribution in [0.25, 0.3) is 9.75 Å². The predicted octanol–water partition coefficient (Wildman–Crippen LogP) is 3.81. The minimum Gasteiger partial charge on any atom is -0.533 e. The molecule has 0 spiro atoms. The minimum atomic E-state index is -0.457. The second kappa shape index (κ2) is 6.22. The zero-order chi connectivity index (χ0) is 19.6. The molecule has 4 heterocycles. The van der Waals surface area contributed by atoms with E-state index < -0.39 is 5.60 Å². The molecule has 4 rings (SSSR count). The Bertz CT molecular complexity index is 868. The van der Waals surface area contributed by atoms with Gasteiger partial charge >= 0.3 is 14.2 Å². The fraction of sp³-hybridized carbons (Fsp3) is 0.474. The molecule has 2 aromatic rings. The number of rotatable bonds is 3. The van der Waals surface area contributed by atoms with Crippen molar-refractivity contribution in [2.45, 2.75) is 58.3 Å². The lowest BCUT2D eigenvalue weighted by Gasteiger charge is -2.32. The Hall–Kier alpha value is -1.05. The fourth-order valence-corrected chi connectivity index (χ4v) is 4.95. The second-order valence-electron chi connectivity index (χ2n) is 8.49. The molecular formula is C19H24B2O4S2. The van der Waals surface area contributed by atoms with Gasteiger partial charge in [-0.15, -0.1) is 22.7 Å². The quantitative estimate of drug-likeness (QED) is 0.732. The average molecular weight is 402 g/mol. The van der Waals surface area contributed by atoms with Gasteiger partial charge in [0.15, 0.2) is 0 Å². The summed E-state index contributed by atoms with van der Waals surface area (Å²) < 4.78 is 26.2. The Morgan fingerprint density at radius 3 is 1.67 bits per heavy atom. The summed E-state index contributed by atoms with van der Waals surface area (Å²) in [5.41, 5.74) is -1.11. The smallest absolute Gasteiger partial charge is 0.533 e. The molecule has 8 heteroatoms. The van der Waals surface area contributed by atoms with Gasteiger partial charge in [-0.1, -0.05) is 12.6 Å². The molecule has 2 aromatic heterocycles. The van der Waals surface area contributed by atoms with E-state index >= 15 is 0 Å². The van der Waals surface area contributed by atoms with Gasteiger partial charge < -0.3 is 18.6 Å². The third-order valence-corrected chi connectivity index (χ3v) is 7.95. The topological polar surface area (TPSA) is 36.9 Å². The minimum absolute atomic E-state index is 0.321. The van der Waals surface area contributed by atoms with Crippen molar-refractivity contribution in [3.63, 3.8) is 0 Å². The van der Waals surface area contributed by atoms with Gasteiger partial charge in [0.2, 0.25) is 0 Å². The maximum Gasteiger partial charge on any atom is 0.574 e. The Kier molecular flexibility index (Phi) is 4.44. The maximum atomic E-state index is 6.16. The third-order valence-electron chi connectivity index (χ3n) is 5.54. The first kappa shape index (κ1) is 19.3. The van der Waals surface area contributed by atoms with Crippen molar-refractivity contribution in [1.29, 1.82) is 0 Å². The molecule has 2 aliphatic rings. The normalized spacial score (nSPS) is 23.1. The largest absolute Gasteiger partial charge is 0.574 e. The number of hydrogen-bond acceptors (Lipinski definition) is 6. The average Bonchev–Trinajstić information content (AvgIpc) is 3.28. The lowest BCUT2D eigenvalue weighted by Crippen LogP contribution is -2.41. The molecule has 0 N–H and O–H groups in total. The molecular weight excluding hydrogens is 378 g/mol. The summed E-state index contributed by atoms with van der Waals surface area (Å²) in [5, 5.41) is 0. The Balaban J connectivity index is 1.52. The molecule has 0 unspecified atom stereocenters. The summed E-state index contributed by atoms with van der Waals surface area (Å²) in [6.45, 7) is 16.2. The van der Waals surface area contributed by atoms with Crippen molar-refractivity contribution in [2.24, 2.45) is 0 Å². The summed E-state index contributed by atoms with van der Waals surface area (Å²) >= 11 is 3.38. The molecule has 0 amide bonds. The number of thiophene rings is 2. The van der Waals surface area contributed by atoms with Crippen LogP contribution < -0.4 is 9.55 Å². The summed E-state index contributed by atoms with van der Waals surface area (Å²) in [5.74, 6) is 0.668. The molecule has 0 bridgehead atoms. The van der Waals surface area contributed by atoms with Crippen LogP contribution in [-0.2, 0) is 18.6 Å². The van der Waals surface area contributed by atoms with E-state index in [1.54, 1.807) is 22.7 Å². The van der Waals surface area contributed by atoms with Gasteiger partial charge in [-0.3, -0.25) is 0 Å². The second-order valence-corrected chi connectivity index (χ2v) is 10.7. The monoisotopic (exact) mass is 402 g/mol. The van der Waals surface area contributed by atoms with Crippen LogP contribution in [0.4, 0.5) is 0 Å². The van der Waals surface area contributed by atoms with Gasteiger partial charge in [0.1, 0.15) is 5.60 Å². The Morgan fingerprint density at radius 1 is 0.741 bits per heavy atom. The van der Waals surface area contributed by atoms with Gasteiger partial charge in [0, 0.05) is 14.5 Å². The van der Waals surface area contributed by atoms with Crippen LogP contribution in [-0.4, -0.2) is 31.0 Å². The summed E-state index contributed by atoms with van der Waals surface area (Å²) in [4.78, 5) is 2.37. The first-order chi connectivity index (χ1) is 12.5. The van der Waals surface area contributed by atoms with Crippen molar-refractivity contribution in [1.82, 2.24) is 0 Å². The van der Waals surface area contributed by atoms with E-state index in [4.69, 9.17) is 18.6 Å². The lowest BCUT2D eigenvalue weighted by molar-refractivity contribution is 0.00578. The van der Waals surface area contributed by atoms with Crippen LogP contribution in [0, 0.1) is 0 Å². The first-order valence-electron chi connectivity index (χ1n) is 9.08. The lowest BCUT2D eigenvalue weighted by atomic mass is 9.88. The molecule has 0 radical (unpaired) electrons. The van der Waals surface area contributed by atoms with Crippen molar-refractivity contribution in [3.8, 4) is 9.75 Å². The van der Waals surface area contributed by atoms with Crippen LogP contribution in [0.1, 0.15) is 41.5 Å². The van der Waals surface area contributed by atoms with Gasteiger partial charge in [-0.25, -0.2) is 0 Å². The Morgan fingerprint density at radius 2 is 1.22 bits per heavy atom. The predicted molar refractivity (Wildman–Crippen MR) is 114 cm³/mol. The van der Waals surface area contributed by atoms with Crippen molar-refractivity contribution in [3.05, 3.63) is 36.6 Å². The van der Waals surface area contributed by atoms with Gasteiger partial charge in [-0.2, -0.15) is 0 Å². The van der Waals surface area contributed by atoms with Crippen molar-refractivity contribution < 1.29 is 18.6 Å². The molecule has 27 heavy (non-hydrogen) atoms. The zero-order valence-electron chi connectivity index (χ0n) is 16.6. The molecule has 0 aromatic carbocycles. The Labute approximate surface area is 169 Å². The van der Waals surface area contributed by atoms with E-state index in [1.807, 2.05) is 13.8 Å². The first-order valence-corrected chi connectivity index (χ1v) is 10.7. The van der Waals surface area contributed by atoms with E-state index in [0.717, 1.165) is 9.55 Å². The fourth-order valence-electron chi connectivity index (χ4n) is 2.93. The van der Waals surface area contributed by atoms with E-state index in [2.05, 4.69) is 58.5 Å². The van der Waals surface area contributed by atoms with Gasteiger partial charge in [0.05, 0.1) is 21.7 Å². The van der Waals surface area contributed by atoms with Crippen LogP contribution in [0.3, 0.4) is 0 Å². The van der Waals surface area contributed by atoms with E-state index in [1.165, 1.54) is 9.75 Å². The molecule has 0 saturated carbocycles. The molecule has 0 atom stereocenters. The molecule has 4 nitrogen and oxygen atoms in total. The van der Waals surface area contributed by atoms with Crippen molar-refractivity contribution in [2.75, 3.05) is 0 Å². The summed E-state index contributed by atoms with van der Waals surface area (Å²) in [6.07, 6.45) is 0. The van der Waals surface area contributed by atoms with E-state index in [9.17, 15) is 0 Å². The van der Waals surface area contributed by atoms with E-state index in [0.29, 0.717) is 5.76 Å². The summed E-state index contributed by atoms with van der Waals surface area (Å²) in [6, 6.07) is 8.39. The summed E-state index contributed by atoms with van der Waals surface area (Å²) in [7, 11) is -0.701. The molecule has 0 aliphatic carbocycles. The molecule has 2 aliphatic heterocycles. The highest BCUT2D eigenvalue weighted by Crippen LogP contribution is 2.38. The van der Waals surface area contributed by atoms with Crippen LogP contribution >= 0.6 is 22.7 Å². The molecule has 2 fully saturated rings. The maximum absolute atomic E-state index is 6.16. The van der Waals surface area contributed by atoms with E-state index in [-0.39, 0.29) is 25.4 Å². The highest BCUT2D eigenvalue weighted by atomic mass is 32.1. The van der Waals surface area contributed by atoms with Gasteiger partial charge in [0.25, 0.3) is 0 Å². The standard InChI is InChI=1S/C19H24B2O4S2/c1-12-17(2,3)23-20(22-12)15-10-8-13(26-15)14-9-11-16(27-14)21-24-18(4,5)19(6,7)25-21/h8-11H,1H2,2-7H3. The van der Waals surface area contributed by atoms with Crippen LogP contribution in [0.15, 0.2) is 36.6 Å². The van der Waals surface area contributed by atoms with Crippen LogP contribution in [0.5, 0.6) is 0 Å². The SMILES string of the molecule is C=C1OB(c2ccc(-c3ccc(B4OC(C)(C)C(C)(C)O4)s3)s2)OC1(C)C.